The monoisotopic (exact) mass is 529 g/mol. The van der Waals surface area contributed by atoms with Crippen LogP contribution in [0.15, 0.2) is 42.7 Å². The van der Waals surface area contributed by atoms with E-state index in [-0.39, 0.29) is 0 Å². The number of halogens is 2. The van der Waals surface area contributed by atoms with Crippen LogP contribution in [0.5, 0.6) is 0 Å². The average Bonchev–Trinajstić information content (AvgIpc) is 3.29. The smallest absolute Gasteiger partial charge is 0.233 e. The van der Waals surface area contributed by atoms with Gasteiger partial charge >= 0.3 is 0 Å². The van der Waals surface area contributed by atoms with Crippen LogP contribution in [-0.2, 0) is 23.6 Å². The maximum Gasteiger partial charge on any atom is 0.233 e. The van der Waals surface area contributed by atoms with Gasteiger partial charge < -0.3 is 9.13 Å². The number of fused-ring (bicyclic) bond motifs is 2. The van der Waals surface area contributed by atoms with Gasteiger partial charge in [0.05, 0.1) is 33.9 Å². The molecule has 0 spiro atoms. The first-order valence-corrected chi connectivity index (χ1v) is 13.2. The fourth-order valence-electron chi connectivity index (χ4n) is 4.03. The molecule has 0 saturated heterocycles. The number of aryl methyl sites for hydroxylation is 2. The molecule has 5 aromatic rings. The molecule has 0 saturated carbocycles. The van der Waals surface area contributed by atoms with Gasteiger partial charge in [-0.1, -0.05) is 29.3 Å². The minimum atomic E-state index is -3.47. The van der Waals surface area contributed by atoms with E-state index in [1.165, 1.54) is 11.4 Å². The first-order chi connectivity index (χ1) is 16.5. The molecule has 12 heteroatoms. The van der Waals surface area contributed by atoms with Crippen LogP contribution in [0.2, 0.25) is 10.0 Å². The van der Waals surface area contributed by atoms with Gasteiger partial charge in [-0.3, -0.25) is 4.31 Å². The Bertz CT molecular complexity index is 1730. The van der Waals surface area contributed by atoms with Crippen LogP contribution in [0, 0.1) is 6.92 Å². The Hall–Kier alpha value is -3.21. The Labute approximate surface area is 212 Å². The Morgan fingerprint density at radius 2 is 1.83 bits per heavy atom. The quantitative estimate of drug-likeness (QED) is 0.333. The van der Waals surface area contributed by atoms with E-state index in [1.807, 2.05) is 35.2 Å². The van der Waals surface area contributed by atoms with Crippen LogP contribution in [0.3, 0.4) is 0 Å². The van der Waals surface area contributed by atoms with Gasteiger partial charge in [0, 0.05) is 43.1 Å². The SMILES string of the molecule is Cc1cc2cnc(-c3nc4cc(Cl)c(Cl)cc4n3C)nc2n1Cc1cccnc1N(C)S(C)(=O)=O. The summed E-state index contributed by atoms with van der Waals surface area (Å²) in [5.41, 5.74) is 3.90. The summed E-state index contributed by atoms with van der Waals surface area (Å²) in [7, 11) is -0.107. The predicted molar refractivity (Wildman–Crippen MR) is 139 cm³/mol. The molecule has 4 aromatic heterocycles. The molecule has 5 rings (SSSR count). The molecular weight excluding hydrogens is 509 g/mol. The summed E-state index contributed by atoms with van der Waals surface area (Å²) in [5, 5.41) is 1.73. The van der Waals surface area contributed by atoms with Crippen LogP contribution in [0.1, 0.15) is 11.3 Å². The number of rotatable bonds is 5. The number of hydrogen-bond acceptors (Lipinski definition) is 6. The summed E-state index contributed by atoms with van der Waals surface area (Å²) >= 11 is 12.4. The third-order valence-corrected chi connectivity index (χ3v) is 7.85. The van der Waals surface area contributed by atoms with Gasteiger partial charge in [0.25, 0.3) is 0 Å². The van der Waals surface area contributed by atoms with E-state index in [0.29, 0.717) is 45.2 Å². The number of imidazole rings is 1. The largest absolute Gasteiger partial charge is 0.325 e. The lowest BCUT2D eigenvalue weighted by Gasteiger charge is -2.19. The lowest BCUT2D eigenvalue weighted by Crippen LogP contribution is -2.27. The molecule has 35 heavy (non-hydrogen) atoms. The number of pyridine rings is 1. The van der Waals surface area contributed by atoms with Gasteiger partial charge in [-0.05, 0) is 31.2 Å². The fourth-order valence-corrected chi connectivity index (χ4v) is 4.82. The Morgan fingerprint density at radius 1 is 1.09 bits per heavy atom. The van der Waals surface area contributed by atoms with Crippen molar-refractivity contribution >= 4 is 61.1 Å². The van der Waals surface area contributed by atoms with E-state index in [9.17, 15) is 8.42 Å². The van der Waals surface area contributed by atoms with Gasteiger partial charge in [-0.15, -0.1) is 0 Å². The summed E-state index contributed by atoms with van der Waals surface area (Å²) in [4.78, 5) is 18.4. The molecule has 0 aliphatic carbocycles. The van der Waals surface area contributed by atoms with Gasteiger partial charge in [0.15, 0.2) is 11.6 Å². The number of aromatic nitrogens is 6. The molecule has 0 bridgehead atoms. The molecule has 9 nitrogen and oxygen atoms in total. The first kappa shape index (κ1) is 23.5. The van der Waals surface area contributed by atoms with E-state index in [2.05, 4.69) is 15.0 Å². The van der Waals surface area contributed by atoms with Gasteiger partial charge in [-0.25, -0.2) is 28.4 Å². The Morgan fingerprint density at radius 3 is 2.57 bits per heavy atom. The lowest BCUT2D eigenvalue weighted by molar-refractivity contribution is 0.599. The number of benzene rings is 1. The summed E-state index contributed by atoms with van der Waals surface area (Å²) in [6.45, 7) is 2.35. The van der Waals surface area contributed by atoms with Crippen LogP contribution in [-0.4, -0.2) is 50.8 Å². The van der Waals surface area contributed by atoms with Crippen molar-refractivity contribution in [3.8, 4) is 11.6 Å². The van der Waals surface area contributed by atoms with Crippen molar-refractivity contribution in [2.24, 2.45) is 7.05 Å². The van der Waals surface area contributed by atoms with Crippen LogP contribution < -0.4 is 4.31 Å². The van der Waals surface area contributed by atoms with Crippen molar-refractivity contribution in [1.82, 2.24) is 29.1 Å². The third-order valence-electron chi connectivity index (χ3n) is 5.96. The second kappa shape index (κ2) is 8.47. The number of sulfonamides is 1. The number of nitrogens with zero attached hydrogens (tertiary/aromatic N) is 7. The summed E-state index contributed by atoms with van der Waals surface area (Å²) in [6, 6.07) is 9.12. The maximum atomic E-state index is 12.1. The summed E-state index contributed by atoms with van der Waals surface area (Å²) < 4.78 is 29.4. The fraction of sp³-hybridized carbons (Fsp3) is 0.217. The molecule has 1 aromatic carbocycles. The topological polar surface area (TPSA) is 98.8 Å². The molecule has 0 atom stereocenters. The molecule has 180 valence electrons. The van der Waals surface area contributed by atoms with Gasteiger partial charge in [-0.2, -0.15) is 0 Å². The van der Waals surface area contributed by atoms with Crippen LogP contribution >= 0.6 is 23.2 Å². The average molecular weight is 530 g/mol. The normalized spacial score (nSPS) is 12.1. The molecule has 0 radical (unpaired) electrons. The zero-order chi connectivity index (χ0) is 25.1. The molecule has 0 aliphatic rings. The minimum absolute atomic E-state index is 0.370. The Balaban J connectivity index is 1.63. The van der Waals surface area contributed by atoms with E-state index < -0.39 is 10.0 Å². The molecule has 0 N–H and O–H groups in total. The van der Waals surface area contributed by atoms with Gasteiger partial charge in [0.1, 0.15) is 11.5 Å². The molecule has 0 fully saturated rings. The highest BCUT2D eigenvalue weighted by Crippen LogP contribution is 2.31. The molecular formula is C23H21Cl2N7O2S. The summed E-state index contributed by atoms with van der Waals surface area (Å²) in [6.07, 6.45) is 4.48. The van der Waals surface area contributed by atoms with Crippen molar-refractivity contribution in [2.45, 2.75) is 13.5 Å². The number of hydrogen-bond donors (Lipinski definition) is 0. The molecule has 0 unspecified atom stereocenters. The highest BCUT2D eigenvalue weighted by Gasteiger charge is 2.20. The minimum Gasteiger partial charge on any atom is -0.325 e. The van der Waals surface area contributed by atoms with Crippen molar-refractivity contribution in [3.05, 3.63) is 64.0 Å². The standard InChI is InChI=1S/C23H21Cl2N7O2S/c1-13-8-15-11-27-20(23-28-18-9-16(24)17(25)10-19(18)30(23)2)29-22(15)32(13)12-14-6-5-7-26-21(14)31(3)35(4,33)34/h5-11H,12H2,1-4H3. The third kappa shape index (κ3) is 4.11. The lowest BCUT2D eigenvalue weighted by atomic mass is 10.2. The van der Waals surface area contributed by atoms with Gasteiger partial charge in [0.2, 0.25) is 10.0 Å². The second-order valence-corrected chi connectivity index (χ2v) is 11.1. The predicted octanol–water partition coefficient (Wildman–Crippen LogP) is 4.44. The molecule has 0 aliphatic heterocycles. The highest BCUT2D eigenvalue weighted by atomic mass is 35.5. The zero-order valence-electron chi connectivity index (χ0n) is 19.4. The van der Waals surface area contributed by atoms with Crippen LogP contribution in [0.4, 0.5) is 5.82 Å². The first-order valence-electron chi connectivity index (χ1n) is 10.6. The van der Waals surface area contributed by atoms with Crippen molar-refractivity contribution in [1.29, 1.82) is 0 Å². The van der Waals surface area contributed by atoms with Crippen molar-refractivity contribution < 1.29 is 8.42 Å². The van der Waals surface area contributed by atoms with Crippen LogP contribution in [0.25, 0.3) is 33.7 Å². The van der Waals surface area contributed by atoms with E-state index >= 15 is 0 Å². The number of anilines is 1. The van der Waals surface area contributed by atoms with Crippen molar-refractivity contribution in [2.75, 3.05) is 17.6 Å². The molecule has 4 heterocycles. The highest BCUT2D eigenvalue weighted by molar-refractivity contribution is 7.92. The Kier molecular flexibility index (Phi) is 5.70. The summed E-state index contributed by atoms with van der Waals surface area (Å²) in [5.74, 6) is 1.39. The zero-order valence-corrected chi connectivity index (χ0v) is 21.7. The maximum absolute atomic E-state index is 12.1. The second-order valence-electron chi connectivity index (χ2n) is 8.31. The van der Waals surface area contributed by atoms with E-state index in [4.69, 9.17) is 28.2 Å². The van der Waals surface area contributed by atoms with Crippen molar-refractivity contribution in [3.63, 3.8) is 0 Å². The molecule has 0 amide bonds. The van der Waals surface area contributed by atoms with E-state index in [0.717, 1.165) is 28.4 Å². The van der Waals surface area contributed by atoms with E-state index in [1.54, 1.807) is 30.6 Å².